The Morgan fingerprint density at radius 3 is 2.80 bits per heavy atom. The summed E-state index contributed by atoms with van der Waals surface area (Å²) in [5.74, 6) is 1.58. The van der Waals surface area contributed by atoms with Crippen molar-refractivity contribution in [1.29, 1.82) is 0 Å². The molecule has 0 aliphatic carbocycles. The van der Waals surface area contributed by atoms with Crippen molar-refractivity contribution in [3.63, 3.8) is 0 Å². The van der Waals surface area contributed by atoms with Gasteiger partial charge in [0.25, 0.3) is 5.91 Å². The van der Waals surface area contributed by atoms with Crippen LogP contribution in [0, 0.1) is 5.92 Å². The lowest BCUT2D eigenvalue weighted by atomic mass is 9.96. The zero-order valence-electron chi connectivity index (χ0n) is 12.4. The van der Waals surface area contributed by atoms with Gasteiger partial charge in [-0.3, -0.25) is 4.79 Å². The van der Waals surface area contributed by atoms with Crippen LogP contribution in [0.15, 0.2) is 24.3 Å². The Kier molecular flexibility index (Phi) is 5.41. The third-order valence-corrected chi connectivity index (χ3v) is 3.79. The quantitative estimate of drug-likeness (QED) is 0.896. The summed E-state index contributed by atoms with van der Waals surface area (Å²) >= 11 is 0. The van der Waals surface area contributed by atoms with Gasteiger partial charge in [-0.2, -0.15) is 0 Å². The Morgan fingerprint density at radius 1 is 1.40 bits per heavy atom. The second kappa shape index (κ2) is 7.29. The first-order chi connectivity index (χ1) is 9.74. The van der Waals surface area contributed by atoms with Crippen molar-refractivity contribution in [3.8, 4) is 5.75 Å². The van der Waals surface area contributed by atoms with Crippen LogP contribution in [0.3, 0.4) is 0 Å². The number of piperidine rings is 1. The summed E-state index contributed by atoms with van der Waals surface area (Å²) in [6.45, 7) is 5.31. The number of nitrogens with zero attached hydrogens (tertiary/aromatic N) is 1. The minimum Gasteiger partial charge on any atom is -0.494 e. The second-order valence-corrected chi connectivity index (χ2v) is 5.25. The Bertz CT molecular complexity index is 440. The third kappa shape index (κ3) is 3.73. The van der Waals surface area contributed by atoms with Crippen LogP contribution in [-0.2, 0) is 0 Å². The molecule has 1 heterocycles. The minimum absolute atomic E-state index is 0.120. The highest BCUT2D eigenvalue weighted by Crippen LogP contribution is 2.20. The zero-order chi connectivity index (χ0) is 14.4. The van der Waals surface area contributed by atoms with E-state index in [9.17, 15) is 4.79 Å². The van der Waals surface area contributed by atoms with Crippen LogP contribution < -0.4 is 10.1 Å². The maximum Gasteiger partial charge on any atom is 0.253 e. The summed E-state index contributed by atoms with van der Waals surface area (Å²) in [7, 11) is 1.98. The standard InChI is InChI=1S/C16H24N2O2/c1-3-20-15-6-4-5-14(11-15)16(19)18-9-7-13(8-10-18)12-17-2/h4-6,11,13,17H,3,7-10,12H2,1-2H3. The molecule has 0 bridgehead atoms. The number of hydrogen-bond donors (Lipinski definition) is 1. The maximum atomic E-state index is 12.5. The number of benzene rings is 1. The molecular formula is C16H24N2O2. The van der Waals surface area contributed by atoms with Gasteiger partial charge >= 0.3 is 0 Å². The summed E-state index contributed by atoms with van der Waals surface area (Å²) in [5, 5.41) is 3.21. The number of likely N-dealkylation sites (tertiary alicyclic amines) is 1. The highest BCUT2D eigenvalue weighted by Gasteiger charge is 2.23. The normalized spacial score (nSPS) is 16.2. The van der Waals surface area contributed by atoms with Gasteiger partial charge in [-0.1, -0.05) is 6.07 Å². The molecule has 1 aromatic rings. The molecule has 0 spiro atoms. The highest BCUT2D eigenvalue weighted by molar-refractivity contribution is 5.94. The summed E-state index contributed by atoms with van der Waals surface area (Å²) in [4.78, 5) is 14.4. The molecule has 1 amide bonds. The molecule has 0 atom stereocenters. The second-order valence-electron chi connectivity index (χ2n) is 5.25. The smallest absolute Gasteiger partial charge is 0.253 e. The van der Waals surface area contributed by atoms with Gasteiger partial charge in [0.15, 0.2) is 0 Å². The fraction of sp³-hybridized carbons (Fsp3) is 0.562. The number of hydrogen-bond acceptors (Lipinski definition) is 3. The summed E-state index contributed by atoms with van der Waals surface area (Å²) in [5.41, 5.74) is 0.725. The average Bonchev–Trinajstić information content (AvgIpc) is 2.48. The number of carbonyl (C=O) groups excluding carboxylic acids is 1. The van der Waals surface area contributed by atoms with Crippen molar-refractivity contribution in [3.05, 3.63) is 29.8 Å². The van der Waals surface area contributed by atoms with Gasteiger partial charge in [-0.25, -0.2) is 0 Å². The summed E-state index contributed by atoms with van der Waals surface area (Å²) in [6.07, 6.45) is 2.16. The monoisotopic (exact) mass is 276 g/mol. The highest BCUT2D eigenvalue weighted by atomic mass is 16.5. The van der Waals surface area contributed by atoms with E-state index in [2.05, 4.69) is 5.32 Å². The number of amides is 1. The molecule has 4 nitrogen and oxygen atoms in total. The average molecular weight is 276 g/mol. The molecule has 0 aromatic heterocycles. The molecule has 1 aliphatic heterocycles. The molecule has 1 aliphatic rings. The van der Waals surface area contributed by atoms with Gasteiger partial charge in [-0.15, -0.1) is 0 Å². The predicted molar refractivity (Wildman–Crippen MR) is 80.2 cm³/mol. The first-order valence-corrected chi connectivity index (χ1v) is 7.41. The van der Waals surface area contributed by atoms with Crippen LogP contribution in [0.4, 0.5) is 0 Å². The third-order valence-electron chi connectivity index (χ3n) is 3.79. The lowest BCUT2D eigenvalue weighted by Crippen LogP contribution is -2.40. The molecule has 20 heavy (non-hydrogen) atoms. The molecule has 0 saturated carbocycles. The van der Waals surface area contributed by atoms with Crippen LogP contribution in [0.25, 0.3) is 0 Å². The molecule has 4 heteroatoms. The SMILES string of the molecule is CCOc1cccc(C(=O)N2CCC(CNC)CC2)c1. The van der Waals surface area contributed by atoms with Crippen LogP contribution in [0.2, 0.25) is 0 Å². The first-order valence-electron chi connectivity index (χ1n) is 7.41. The van der Waals surface area contributed by atoms with E-state index in [4.69, 9.17) is 4.74 Å². The molecular weight excluding hydrogens is 252 g/mol. The maximum absolute atomic E-state index is 12.5. The summed E-state index contributed by atoms with van der Waals surface area (Å²) in [6, 6.07) is 7.47. The molecule has 1 N–H and O–H groups in total. The van der Waals surface area contributed by atoms with E-state index < -0.39 is 0 Å². The molecule has 2 rings (SSSR count). The number of ether oxygens (including phenoxy) is 1. The van der Waals surface area contributed by atoms with Gasteiger partial charge in [0.05, 0.1) is 6.61 Å². The van der Waals surface area contributed by atoms with E-state index in [1.165, 1.54) is 0 Å². The molecule has 0 radical (unpaired) electrons. The van der Waals surface area contributed by atoms with E-state index >= 15 is 0 Å². The van der Waals surface area contributed by atoms with Crippen LogP contribution in [0.5, 0.6) is 5.75 Å². The Hall–Kier alpha value is -1.55. The molecule has 110 valence electrons. The molecule has 1 fully saturated rings. The van der Waals surface area contributed by atoms with Crippen LogP contribution in [0.1, 0.15) is 30.1 Å². The van der Waals surface area contributed by atoms with E-state index in [0.717, 1.165) is 43.8 Å². The Morgan fingerprint density at radius 2 is 2.15 bits per heavy atom. The van der Waals surface area contributed by atoms with Crippen molar-refractivity contribution in [2.75, 3.05) is 33.3 Å². The largest absolute Gasteiger partial charge is 0.494 e. The minimum atomic E-state index is 0.120. The van der Waals surface area contributed by atoms with Crippen molar-refractivity contribution >= 4 is 5.91 Å². The van der Waals surface area contributed by atoms with Crippen molar-refractivity contribution in [2.24, 2.45) is 5.92 Å². The lowest BCUT2D eigenvalue weighted by Gasteiger charge is -2.32. The van der Waals surface area contributed by atoms with Crippen LogP contribution in [-0.4, -0.2) is 44.1 Å². The van der Waals surface area contributed by atoms with Crippen LogP contribution >= 0.6 is 0 Å². The van der Waals surface area contributed by atoms with Crippen molar-refractivity contribution < 1.29 is 9.53 Å². The van der Waals surface area contributed by atoms with Gasteiger partial charge in [0.1, 0.15) is 5.75 Å². The molecule has 1 aromatic carbocycles. The fourth-order valence-corrected chi connectivity index (χ4v) is 2.70. The van der Waals surface area contributed by atoms with Crippen molar-refractivity contribution in [1.82, 2.24) is 10.2 Å². The first kappa shape index (κ1) is 14.9. The number of rotatable bonds is 5. The summed E-state index contributed by atoms with van der Waals surface area (Å²) < 4.78 is 5.45. The predicted octanol–water partition coefficient (Wildman–Crippen LogP) is 2.16. The topological polar surface area (TPSA) is 41.6 Å². The van der Waals surface area contributed by atoms with E-state index in [0.29, 0.717) is 12.5 Å². The Labute approximate surface area is 121 Å². The molecule has 1 saturated heterocycles. The van der Waals surface area contributed by atoms with E-state index in [1.807, 2.05) is 43.1 Å². The number of carbonyl (C=O) groups is 1. The van der Waals surface area contributed by atoms with Gasteiger partial charge in [0.2, 0.25) is 0 Å². The lowest BCUT2D eigenvalue weighted by molar-refractivity contribution is 0.0690. The van der Waals surface area contributed by atoms with Gasteiger partial charge in [-0.05, 0) is 57.5 Å². The number of nitrogens with one attached hydrogen (secondary N) is 1. The van der Waals surface area contributed by atoms with Gasteiger partial charge in [0, 0.05) is 18.7 Å². The molecule has 0 unspecified atom stereocenters. The Balaban J connectivity index is 1.96. The van der Waals surface area contributed by atoms with Crippen molar-refractivity contribution in [2.45, 2.75) is 19.8 Å². The van der Waals surface area contributed by atoms with E-state index in [-0.39, 0.29) is 5.91 Å². The van der Waals surface area contributed by atoms with Gasteiger partial charge < -0.3 is 15.0 Å². The zero-order valence-corrected chi connectivity index (χ0v) is 12.4. The fourth-order valence-electron chi connectivity index (χ4n) is 2.70. The van der Waals surface area contributed by atoms with E-state index in [1.54, 1.807) is 0 Å².